The number of nitrogens with zero attached hydrogens (tertiary/aromatic N) is 1. The Morgan fingerprint density at radius 2 is 1.90 bits per heavy atom. The van der Waals surface area contributed by atoms with Crippen molar-refractivity contribution in [2.45, 2.75) is 38.7 Å². The molecular weight excluding hydrogens is 400 g/mol. The molecule has 1 amide bonds. The molecule has 1 saturated heterocycles. The summed E-state index contributed by atoms with van der Waals surface area (Å²) >= 11 is 0. The molecule has 2 aromatic carbocycles. The van der Waals surface area contributed by atoms with E-state index < -0.39 is 22.7 Å². The van der Waals surface area contributed by atoms with E-state index in [9.17, 15) is 23.8 Å². The van der Waals surface area contributed by atoms with Gasteiger partial charge in [-0.2, -0.15) is 0 Å². The molecule has 164 valence electrons. The largest absolute Gasteiger partial charge is 0.396 e. The van der Waals surface area contributed by atoms with E-state index in [1.807, 2.05) is 0 Å². The van der Waals surface area contributed by atoms with Gasteiger partial charge in [0.05, 0.1) is 6.61 Å². The average molecular weight is 427 g/mol. The highest BCUT2D eigenvalue weighted by Gasteiger charge is 2.37. The van der Waals surface area contributed by atoms with Crippen molar-refractivity contribution < 1.29 is 23.8 Å². The predicted octanol–water partition coefficient (Wildman–Crippen LogP) is 3.54. The van der Waals surface area contributed by atoms with Crippen LogP contribution in [0.15, 0.2) is 42.5 Å². The number of likely N-dealkylation sites (tertiary alicyclic amines) is 1. The maximum absolute atomic E-state index is 14.2. The van der Waals surface area contributed by atoms with Gasteiger partial charge in [-0.15, -0.1) is 0 Å². The molecule has 0 radical (unpaired) electrons. The summed E-state index contributed by atoms with van der Waals surface area (Å²) in [6.45, 7) is 3.84. The number of piperidine rings is 1. The molecule has 0 saturated carbocycles. The average Bonchev–Trinajstić information content (AvgIpc) is 2.74. The van der Waals surface area contributed by atoms with E-state index in [0.29, 0.717) is 42.6 Å². The van der Waals surface area contributed by atoms with Gasteiger partial charge in [0.15, 0.2) is 0 Å². The molecule has 31 heavy (non-hydrogen) atoms. The van der Waals surface area contributed by atoms with E-state index in [0.717, 1.165) is 6.07 Å². The van der Waals surface area contributed by atoms with Gasteiger partial charge in [0.2, 0.25) is 0 Å². The molecule has 6 heteroatoms. The second-order valence-corrected chi connectivity index (χ2v) is 8.79. The van der Waals surface area contributed by atoms with Crippen LogP contribution in [0.25, 0.3) is 0 Å². The first kappa shape index (κ1) is 22.9. The number of amides is 1. The van der Waals surface area contributed by atoms with E-state index in [4.69, 9.17) is 0 Å². The Bertz CT molecular complexity index is 1000. The van der Waals surface area contributed by atoms with Crippen LogP contribution < -0.4 is 0 Å². The molecule has 1 fully saturated rings. The lowest BCUT2D eigenvalue weighted by atomic mass is 9.75. The lowest BCUT2D eigenvalue weighted by Gasteiger charge is -2.42. The van der Waals surface area contributed by atoms with Crippen LogP contribution in [-0.2, 0) is 6.42 Å². The van der Waals surface area contributed by atoms with Gasteiger partial charge in [0.25, 0.3) is 5.91 Å². The molecule has 0 bridgehead atoms. The van der Waals surface area contributed by atoms with Crippen molar-refractivity contribution in [3.8, 4) is 11.8 Å². The third kappa shape index (κ3) is 5.90. The fourth-order valence-corrected chi connectivity index (χ4v) is 3.88. The van der Waals surface area contributed by atoms with Crippen LogP contribution in [0.3, 0.4) is 0 Å². The highest BCUT2D eigenvalue weighted by molar-refractivity contribution is 5.94. The molecule has 1 unspecified atom stereocenters. The third-order valence-electron chi connectivity index (χ3n) is 5.51. The first-order valence-electron chi connectivity index (χ1n) is 10.3. The van der Waals surface area contributed by atoms with Crippen molar-refractivity contribution in [1.82, 2.24) is 4.90 Å². The summed E-state index contributed by atoms with van der Waals surface area (Å²) in [5, 5.41) is 19.8. The smallest absolute Gasteiger partial charge is 0.253 e. The Balaban J connectivity index is 1.75. The maximum Gasteiger partial charge on any atom is 0.253 e. The molecule has 0 spiro atoms. The van der Waals surface area contributed by atoms with E-state index in [1.165, 1.54) is 12.1 Å². The fourth-order valence-electron chi connectivity index (χ4n) is 3.88. The molecule has 0 aromatic heterocycles. The Labute approximate surface area is 181 Å². The zero-order valence-corrected chi connectivity index (χ0v) is 17.8. The fraction of sp³-hybridized carbons (Fsp3) is 0.400. The number of carbonyl (C=O) groups excluding carboxylic acids is 1. The summed E-state index contributed by atoms with van der Waals surface area (Å²) in [6.07, 6.45) is 1.56. The molecule has 1 aliphatic rings. The summed E-state index contributed by atoms with van der Waals surface area (Å²) in [6, 6.07) is 10.3. The van der Waals surface area contributed by atoms with Gasteiger partial charge in [-0.3, -0.25) is 4.79 Å². The van der Waals surface area contributed by atoms with Gasteiger partial charge in [-0.05, 0) is 69.0 Å². The summed E-state index contributed by atoms with van der Waals surface area (Å²) in [5.74, 6) is 4.15. The van der Waals surface area contributed by atoms with Crippen molar-refractivity contribution in [3.05, 3.63) is 70.8 Å². The molecule has 2 aromatic rings. The van der Waals surface area contributed by atoms with Crippen LogP contribution in [0.5, 0.6) is 0 Å². The van der Waals surface area contributed by atoms with Crippen molar-refractivity contribution in [1.29, 1.82) is 0 Å². The minimum atomic E-state index is -1.10. The van der Waals surface area contributed by atoms with Crippen LogP contribution in [0, 0.1) is 28.9 Å². The quantitative estimate of drug-likeness (QED) is 0.734. The van der Waals surface area contributed by atoms with Gasteiger partial charge >= 0.3 is 0 Å². The Hall–Kier alpha value is -2.75. The molecule has 1 atom stereocenters. The number of benzene rings is 2. The molecule has 2 N–H and O–H groups in total. The maximum atomic E-state index is 14.2. The molecule has 0 aliphatic carbocycles. The van der Waals surface area contributed by atoms with Crippen LogP contribution in [0.1, 0.15) is 48.2 Å². The third-order valence-corrected chi connectivity index (χ3v) is 5.51. The van der Waals surface area contributed by atoms with E-state index in [-0.39, 0.29) is 18.9 Å². The van der Waals surface area contributed by atoms with Crippen molar-refractivity contribution in [2.24, 2.45) is 5.41 Å². The standard InChI is InChI=1S/C25H27F2NO3/c1-24(2,31)12-10-18-4-6-19(7-5-18)23(30)28-13-3-11-25(16-28,17-29)15-20-8-9-21(26)14-22(20)27/h4-9,14,29,31H,3,11,13,15-17H2,1-2H3. The number of carbonyl (C=O) groups is 1. The van der Waals surface area contributed by atoms with Crippen molar-refractivity contribution in [2.75, 3.05) is 19.7 Å². The number of hydrogen-bond acceptors (Lipinski definition) is 3. The van der Waals surface area contributed by atoms with Crippen LogP contribution in [0.2, 0.25) is 0 Å². The summed E-state index contributed by atoms with van der Waals surface area (Å²) in [5.41, 5.74) is -0.256. The Morgan fingerprint density at radius 3 is 2.52 bits per heavy atom. The Morgan fingerprint density at radius 1 is 1.19 bits per heavy atom. The zero-order valence-electron chi connectivity index (χ0n) is 17.8. The number of aliphatic hydroxyl groups excluding tert-OH is 1. The summed E-state index contributed by atoms with van der Waals surface area (Å²) in [7, 11) is 0. The molecular formula is C25H27F2NO3. The Kier molecular flexibility index (Phi) is 6.78. The van der Waals surface area contributed by atoms with Gasteiger partial charge < -0.3 is 15.1 Å². The first-order chi connectivity index (χ1) is 14.6. The van der Waals surface area contributed by atoms with Crippen LogP contribution in [-0.4, -0.2) is 46.3 Å². The molecule has 3 rings (SSSR count). The lowest BCUT2D eigenvalue weighted by molar-refractivity contribution is 0.0268. The van der Waals surface area contributed by atoms with E-state index >= 15 is 0 Å². The van der Waals surface area contributed by atoms with Gasteiger partial charge in [-0.1, -0.05) is 17.9 Å². The number of aliphatic hydroxyl groups is 2. The van der Waals surface area contributed by atoms with Crippen LogP contribution in [0.4, 0.5) is 8.78 Å². The van der Waals surface area contributed by atoms with Crippen molar-refractivity contribution >= 4 is 5.91 Å². The van der Waals surface area contributed by atoms with Crippen molar-refractivity contribution in [3.63, 3.8) is 0 Å². The molecule has 1 heterocycles. The predicted molar refractivity (Wildman–Crippen MR) is 114 cm³/mol. The van der Waals surface area contributed by atoms with Gasteiger partial charge in [-0.25, -0.2) is 8.78 Å². The first-order valence-corrected chi connectivity index (χ1v) is 10.3. The lowest BCUT2D eigenvalue weighted by Crippen LogP contribution is -2.49. The van der Waals surface area contributed by atoms with E-state index in [2.05, 4.69) is 11.8 Å². The topological polar surface area (TPSA) is 60.8 Å². The summed E-state index contributed by atoms with van der Waals surface area (Å²) in [4.78, 5) is 14.7. The highest BCUT2D eigenvalue weighted by atomic mass is 19.1. The highest BCUT2D eigenvalue weighted by Crippen LogP contribution is 2.34. The zero-order chi connectivity index (χ0) is 22.6. The summed E-state index contributed by atoms with van der Waals surface area (Å²) < 4.78 is 27.4. The number of rotatable bonds is 4. The monoisotopic (exact) mass is 427 g/mol. The second-order valence-electron chi connectivity index (χ2n) is 8.79. The minimum Gasteiger partial charge on any atom is -0.396 e. The minimum absolute atomic E-state index is 0.167. The van der Waals surface area contributed by atoms with E-state index in [1.54, 1.807) is 43.0 Å². The normalized spacial score (nSPS) is 19.0. The van der Waals surface area contributed by atoms with Crippen LogP contribution >= 0.6 is 0 Å². The SMILES string of the molecule is CC(C)(O)C#Cc1ccc(C(=O)N2CCCC(CO)(Cc3ccc(F)cc3F)C2)cc1. The number of halogens is 2. The molecule has 4 nitrogen and oxygen atoms in total. The van der Waals surface area contributed by atoms with Gasteiger partial charge in [0, 0.05) is 35.7 Å². The number of hydrogen-bond donors (Lipinski definition) is 2. The molecule has 1 aliphatic heterocycles. The van der Waals surface area contributed by atoms with Gasteiger partial charge in [0.1, 0.15) is 17.2 Å². The second kappa shape index (κ2) is 9.17.